The predicted octanol–water partition coefficient (Wildman–Crippen LogP) is 3.93. The molecule has 1 aliphatic rings. The Labute approximate surface area is 226 Å². The van der Waals surface area contributed by atoms with Crippen molar-refractivity contribution in [1.82, 2.24) is 15.4 Å². The van der Waals surface area contributed by atoms with Gasteiger partial charge < -0.3 is 19.6 Å². The second-order valence-electron chi connectivity index (χ2n) is 8.81. The number of methoxy groups -OCH3 is 1. The van der Waals surface area contributed by atoms with Crippen LogP contribution in [0.2, 0.25) is 0 Å². The lowest BCUT2D eigenvalue weighted by Crippen LogP contribution is -2.40. The van der Waals surface area contributed by atoms with Gasteiger partial charge in [-0.05, 0) is 54.0 Å². The van der Waals surface area contributed by atoms with Crippen molar-refractivity contribution in [3.8, 4) is 16.9 Å². The Balaban J connectivity index is 1.69. The maximum absolute atomic E-state index is 13.6. The van der Waals surface area contributed by atoms with Gasteiger partial charge in [0.25, 0.3) is 5.56 Å². The van der Waals surface area contributed by atoms with Crippen LogP contribution in [0.4, 0.5) is 0 Å². The summed E-state index contributed by atoms with van der Waals surface area (Å²) in [6, 6.07) is 21.8. The van der Waals surface area contributed by atoms with Gasteiger partial charge >= 0.3 is 0 Å². The number of H-pyrrole nitrogens is 1. The van der Waals surface area contributed by atoms with Crippen molar-refractivity contribution >= 4 is 44.4 Å². The number of hydrogen-bond acceptors (Lipinski definition) is 6. The van der Waals surface area contributed by atoms with Gasteiger partial charge in [-0.3, -0.25) is 15.0 Å². The number of rotatable bonds is 7. The number of hydrazine groups is 1. The number of carboxylic acid groups (broad SMARTS) is 1. The molecular weight excluding hydrogens is 550 g/mol. The van der Waals surface area contributed by atoms with Gasteiger partial charge in [-0.25, -0.2) is 5.01 Å². The van der Waals surface area contributed by atoms with Crippen LogP contribution in [0.5, 0.6) is 5.75 Å². The second-order valence-corrected chi connectivity index (χ2v) is 9.72. The number of fused-ring (bicyclic) bond motifs is 1. The number of benzene rings is 3. The van der Waals surface area contributed by atoms with E-state index in [1.807, 2.05) is 60.7 Å². The van der Waals surface area contributed by atoms with E-state index < -0.39 is 24.3 Å². The first-order chi connectivity index (χ1) is 18.4. The standard InChI is InChI=1S/C29H24BrN3O5/c1-38-20-10-7-17(8-11-20)24-16-23(32-33(24)25(34)13-14-26(35)36)28-27(18-5-3-2-4-6-18)21-15-19(30)9-12-22(21)31-29(28)37/h2-12,15-16,24,32H,13-14H2,1H3,(H,31,37)(H,35,36)/p-1/t24-/m1/s1. The number of nitrogens with one attached hydrogen (secondary N) is 2. The van der Waals surface area contributed by atoms with Gasteiger partial charge in [0, 0.05) is 33.3 Å². The molecule has 0 radical (unpaired) electrons. The van der Waals surface area contributed by atoms with Crippen molar-refractivity contribution in [2.24, 2.45) is 0 Å². The average Bonchev–Trinajstić information content (AvgIpc) is 3.37. The van der Waals surface area contributed by atoms with E-state index in [1.54, 1.807) is 25.3 Å². The summed E-state index contributed by atoms with van der Waals surface area (Å²) in [6.07, 6.45) is 1.14. The molecule has 0 unspecified atom stereocenters. The van der Waals surface area contributed by atoms with Crippen LogP contribution in [0.15, 0.2) is 88.1 Å². The Hall–Kier alpha value is -4.37. The van der Waals surface area contributed by atoms with E-state index in [1.165, 1.54) is 5.01 Å². The molecule has 0 saturated carbocycles. The number of aromatic amines is 1. The van der Waals surface area contributed by atoms with Crippen molar-refractivity contribution in [2.75, 3.05) is 7.11 Å². The van der Waals surface area contributed by atoms with Crippen molar-refractivity contribution in [3.63, 3.8) is 0 Å². The topological polar surface area (TPSA) is 115 Å². The summed E-state index contributed by atoms with van der Waals surface area (Å²) in [6.45, 7) is 0. The molecule has 1 atom stereocenters. The zero-order valence-corrected chi connectivity index (χ0v) is 21.9. The summed E-state index contributed by atoms with van der Waals surface area (Å²) in [4.78, 5) is 40.7. The smallest absolute Gasteiger partial charge is 0.258 e. The van der Waals surface area contributed by atoms with Crippen LogP contribution >= 0.6 is 15.9 Å². The first-order valence-corrected chi connectivity index (χ1v) is 12.7. The fourth-order valence-corrected chi connectivity index (χ4v) is 4.99. The molecule has 1 aliphatic heterocycles. The van der Waals surface area contributed by atoms with E-state index in [-0.39, 0.29) is 12.0 Å². The quantitative estimate of drug-likeness (QED) is 0.347. The fourth-order valence-electron chi connectivity index (χ4n) is 4.63. The van der Waals surface area contributed by atoms with Crippen LogP contribution in [0, 0.1) is 0 Å². The van der Waals surface area contributed by atoms with Crippen molar-refractivity contribution < 1.29 is 19.4 Å². The molecule has 4 aromatic rings. The number of carboxylic acids is 1. The Bertz CT molecular complexity index is 1610. The summed E-state index contributed by atoms with van der Waals surface area (Å²) in [7, 11) is 1.56. The van der Waals surface area contributed by atoms with Crippen LogP contribution in [-0.2, 0) is 9.59 Å². The van der Waals surface area contributed by atoms with E-state index >= 15 is 0 Å². The van der Waals surface area contributed by atoms with Gasteiger partial charge in [0.1, 0.15) is 5.75 Å². The highest BCUT2D eigenvalue weighted by atomic mass is 79.9. The molecule has 8 nitrogen and oxygen atoms in total. The lowest BCUT2D eigenvalue weighted by molar-refractivity contribution is -0.305. The van der Waals surface area contributed by atoms with Crippen LogP contribution in [0.3, 0.4) is 0 Å². The zero-order valence-electron chi connectivity index (χ0n) is 20.4. The number of pyridine rings is 1. The van der Waals surface area contributed by atoms with Gasteiger partial charge in [-0.1, -0.05) is 58.4 Å². The summed E-state index contributed by atoms with van der Waals surface area (Å²) < 4.78 is 6.11. The van der Waals surface area contributed by atoms with Gasteiger partial charge in [0.15, 0.2) is 0 Å². The molecule has 5 rings (SSSR count). The Morgan fingerprint density at radius 3 is 2.42 bits per heavy atom. The predicted molar refractivity (Wildman–Crippen MR) is 146 cm³/mol. The molecule has 1 aromatic heterocycles. The molecule has 0 fully saturated rings. The van der Waals surface area contributed by atoms with E-state index in [4.69, 9.17) is 4.74 Å². The van der Waals surface area contributed by atoms with E-state index in [9.17, 15) is 19.5 Å². The van der Waals surface area contributed by atoms with Gasteiger partial charge in [-0.2, -0.15) is 0 Å². The third-order valence-electron chi connectivity index (χ3n) is 6.42. The summed E-state index contributed by atoms with van der Waals surface area (Å²) in [5, 5.41) is 13.2. The first-order valence-electron chi connectivity index (χ1n) is 11.9. The maximum atomic E-state index is 13.6. The minimum atomic E-state index is -1.31. The Kier molecular flexibility index (Phi) is 7.02. The molecule has 0 saturated heterocycles. The van der Waals surface area contributed by atoms with Crippen molar-refractivity contribution in [1.29, 1.82) is 0 Å². The molecule has 2 N–H and O–H groups in total. The van der Waals surface area contributed by atoms with Crippen molar-refractivity contribution in [2.45, 2.75) is 18.9 Å². The molecule has 192 valence electrons. The maximum Gasteiger partial charge on any atom is 0.258 e. The number of aliphatic carboxylic acids is 1. The number of carbonyl (C=O) groups excluding carboxylic acids is 2. The minimum absolute atomic E-state index is 0.254. The van der Waals surface area contributed by atoms with E-state index in [2.05, 4.69) is 26.3 Å². The number of carbonyl (C=O) groups is 2. The van der Waals surface area contributed by atoms with Gasteiger partial charge in [0.05, 0.1) is 24.4 Å². The fraction of sp³-hybridized carbons (Fsp3) is 0.138. The number of halogens is 1. The monoisotopic (exact) mass is 572 g/mol. The minimum Gasteiger partial charge on any atom is -0.550 e. The number of amides is 1. The molecule has 38 heavy (non-hydrogen) atoms. The molecule has 0 bridgehead atoms. The molecule has 1 amide bonds. The number of hydrogen-bond donors (Lipinski definition) is 2. The number of nitrogens with zero attached hydrogens (tertiary/aromatic N) is 1. The Morgan fingerprint density at radius 2 is 1.74 bits per heavy atom. The molecular formula is C29H23BrN3O5-. The third kappa shape index (κ3) is 4.92. The average molecular weight is 573 g/mol. The summed E-state index contributed by atoms with van der Waals surface area (Å²) in [5.74, 6) is -1.10. The third-order valence-corrected chi connectivity index (χ3v) is 6.91. The normalized spacial score (nSPS) is 14.7. The van der Waals surface area contributed by atoms with Crippen molar-refractivity contribution in [3.05, 3.63) is 105 Å². The Morgan fingerprint density at radius 1 is 1.00 bits per heavy atom. The second kappa shape index (κ2) is 10.5. The van der Waals surface area contributed by atoms with Crippen LogP contribution in [0.25, 0.3) is 27.7 Å². The molecule has 3 aromatic carbocycles. The van der Waals surface area contributed by atoms with Crippen LogP contribution in [0.1, 0.15) is 30.0 Å². The van der Waals surface area contributed by atoms with Gasteiger partial charge in [-0.15, -0.1) is 0 Å². The highest BCUT2D eigenvalue weighted by Crippen LogP contribution is 2.38. The zero-order chi connectivity index (χ0) is 26.8. The highest BCUT2D eigenvalue weighted by Gasteiger charge is 2.33. The molecule has 2 heterocycles. The molecule has 9 heteroatoms. The lowest BCUT2D eigenvalue weighted by Gasteiger charge is -2.26. The van der Waals surface area contributed by atoms with E-state index in [0.29, 0.717) is 28.1 Å². The van der Waals surface area contributed by atoms with Crippen LogP contribution in [-0.4, -0.2) is 29.0 Å². The van der Waals surface area contributed by atoms with Gasteiger partial charge in [0.2, 0.25) is 5.91 Å². The number of ether oxygens (including phenoxy) is 1. The largest absolute Gasteiger partial charge is 0.550 e. The molecule has 0 spiro atoms. The highest BCUT2D eigenvalue weighted by molar-refractivity contribution is 9.10. The first kappa shape index (κ1) is 25.3. The SMILES string of the molecule is COc1ccc([C@H]2C=C(c3c(-c4ccccc4)c4cc(Br)ccc4[nH]c3=O)NN2C(=O)CCC(=O)[O-])cc1. The number of aromatic nitrogens is 1. The van der Waals surface area contributed by atoms with E-state index in [0.717, 1.165) is 21.0 Å². The molecule has 0 aliphatic carbocycles. The lowest BCUT2D eigenvalue weighted by atomic mass is 9.94. The summed E-state index contributed by atoms with van der Waals surface area (Å²) >= 11 is 3.54. The van der Waals surface area contributed by atoms with Crippen LogP contribution < -0.4 is 20.8 Å². The summed E-state index contributed by atoms with van der Waals surface area (Å²) in [5.41, 5.74) is 6.57.